The maximum atomic E-state index is 13.2. The smallest absolute Gasteiger partial charge is 0.416 e. The molecule has 1 aromatic heterocycles. The topological polar surface area (TPSA) is 56.1 Å². The van der Waals surface area contributed by atoms with Gasteiger partial charge in [-0.25, -0.2) is 4.68 Å². The van der Waals surface area contributed by atoms with Crippen LogP contribution in [0.2, 0.25) is 0 Å². The van der Waals surface area contributed by atoms with E-state index in [1.54, 1.807) is 48.5 Å². The molecule has 3 aromatic carbocycles. The second kappa shape index (κ2) is 8.58. The van der Waals surface area contributed by atoms with E-state index in [-0.39, 0.29) is 16.8 Å². The van der Waals surface area contributed by atoms with Crippen LogP contribution in [0.3, 0.4) is 0 Å². The van der Waals surface area contributed by atoms with Crippen LogP contribution in [0.25, 0.3) is 16.9 Å². The first-order valence-corrected chi connectivity index (χ1v) is 9.63. The number of para-hydroxylation sites is 1. The van der Waals surface area contributed by atoms with E-state index in [0.717, 1.165) is 12.1 Å². The zero-order chi connectivity index (χ0) is 22.7. The fraction of sp³-hybridized carbons (Fsp3) is 0.0833. The molecule has 0 aliphatic carbocycles. The summed E-state index contributed by atoms with van der Waals surface area (Å²) in [6.07, 6.45) is -3.01. The average Bonchev–Trinajstić information content (AvgIpc) is 3.25. The number of nitrogens with zero attached hydrogens (tertiary/aromatic N) is 2. The SMILES string of the molecule is COc1ccc(NC(=O)c2cn(-c3ccccc3)nc2-c2cccc(C(F)(F)F)c2)cc1. The number of benzene rings is 3. The van der Waals surface area contributed by atoms with Crippen molar-refractivity contribution in [2.75, 3.05) is 12.4 Å². The molecule has 5 nitrogen and oxygen atoms in total. The third kappa shape index (κ3) is 4.49. The van der Waals surface area contributed by atoms with Crippen molar-refractivity contribution in [2.24, 2.45) is 0 Å². The van der Waals surface area contributed by atoms with Crippen LogP contribution in [-0.4, -0.2) is 22.8 Å². The fourth-order valence-electron chi connectivity index (χ4n) is 3.18. The lowest BCUT2D eigenvalue weighted by Gasteiger charge is -2.09. The van der Waals surface area contributed by atoms with Crippen LogP contribution in [-0.2, 0) is 6.18 Å². The number of halogens is 3. The van der Waals surface area contributed by atoms with Gasteiger partial charge < -0.3 is 10.1 Å². The summed E-state index contributed by atoms with van der Waals surface area (Å²) in [7, 11) is 1.53. The molecule has 4 aromatic rings. The van der Waals surface area contributed by atoms with E-state index in [1.165, 1.54) is 30.1 Å². The molecule has 162 valence electrons. The number of methoxy groups -OCH3 is 1. The van der Waals surface area contributed by atoms with Gasteiger partial charge in [0, 0.05) is 17.4 Å². The van der Waals surface area contributed by atoms with Crippen molar-refractivity contribution >= 4 is 11.6 Å². The summed E-state index contributed by atoms with van der Waals surface area (Å²) in [5, 5.41) is 7.19. The largest absolute Gasteiger partial charge is 0.497 e. The minimum Gasteiger partial charge on any atom is -0.497 e. The third-order valence-corrected chi connectivity index (χ3v) is 4.79. The summed E-state index contributed by atoms with van der Waals surface area (Å²) >= 11 is 0. The van der Waals surface area contributed by atoms with Crippen LogP contribution >= 0.6 is 0 Å². The third-order valence-electron chi connectivity index (χ3n) is 4.79. The normalized spacial score (nSPS) is 11.2. The van der Waals surface area contributed by atoms with Crippen LogP contribution in [0.4, 0.5) is 18.9 Å². The molecule has 0 atom stereocenters. The molecule has 0 radical (unpaired) electrons. The molecule has 1 N–H and O–H groups in total. The van der Waals surface area contributed by atoms with Crippen LogP contribution in [0.5, 0.6) is 5.75 Å². The van der Waals surface area contributed by atoms with Gasteiger partial charge in [-0.1, -0.05) is 30.3 Å². The Morgan fingerprint density at radius 1 is 0.969 bits per heavy atom. The van der Waals surface area contributed by atoms with E-state index in [0.29, 0.717) is 17.1 Å². The Balaban J connectivity index is 1.76. The van der Waals surface area contributed by atoms with Crippen molar-refractivity contribution in [3.05, 3.63) is 96.2 Å². The van der Waals surface area contributed by atoms with Crippen LogP contribution < -0.4 is 10.1 Å². The number of anilines is 1. The first-order valence-electron chi connectivity index (χ1n) is 9.63. The number of aromatic nitrogens is 2. The molecule has 32 heavy (non-hydrogen) atoms. The van der Waals surface area contributed by atoms with Gasteiger partial charge in [0.15, 0.2) is 0 Å². The highest BCUT2D eigenvalue weighted by Crippen LogP contribution is 2.33. The van der Waals surface area contributed by atoms with Gasteiger partial charge in [-0.15, -0.1) is 0 Å². The average molecular weight is 437 g/mol. The Morgan fingerprint density at radius 2 is 1.69 bits per heavy atom. The van der Waals surface area contributed by atoms with E-state index in [1.807, 2.05) is 6.07 Å². The van der Waals surface area contributed by atoms with Gasteiger partial charge in [-0.2, -0.15) is 18.3 Å². The van der Waals surface area contributed by atoms with Crippen LogP contribution in [0.15, 0.2) is 85.1 Å². The van der Waals surface area contributed by atoms with E-state index >= 15 is 0 Å². The lowest BCUT2D eigenvalue weighted by Crippen LogP contribution is -2.12. The number of rotatable bonds is 5. The summed E-state index contributed by atoms with van der Waals surface area (Å²) in [5.41, 5.74) is 0.845. The quantitative estimate of drug-likeness (QED) is 0.428. The molecule has 1 heterocycles. The number of alkyl halides is 3. The van der Waals surface area contributed by atoms with E-state index in [2.05, 4.69) is 10.4 Å². The molecule has 4 rings (SSSR count). The number of hydrogen-bond donors (Lipinski definition) is 1. The molecule has 0 fully saturated rings. The van der Waals surface area contributed by atoms with E-state index in [4.69, 9.17) is 4.74 Å². The molecule has 0 aliphatic heterocycles. The van der Waals surface area contributed by atoms with Crippen molar-refractivity contribution in [2.45, 2.75) is 6.18 Å². The van der Waals surface area contributed by atoms with Gasteiger partial charge in [0.2, 0.25) is 0 Å². The molecule has 0 unspecified atom stereocenters. The van der Waals surface area contributed by atoms with Crippen molar-refractivity contribution < 1.29 is 22.7 Å². The van der Waals surface area contributed by atoms with Crippen molar-refractivity contribution in [3.8, 4) is 22.7 Å². The molecule has 0 aliphatic rings. The van der Waals surface area contributed by atoms with E-state index < -0.39 is 17.6 Å². The molecular weight excluding hydrogens is 419 g/mol. The number of hydrogen-bond acceptors (Lipinski definition) is 3. The van der Waals surface area contributed by atoms with Gasteiger partial charge in [0.1, 0.15) is 11.4 Å². The van der Waals surface area contributed by atoms with Gasteiger partial charge in [0.05, 0.1) is 23.9 Å². The molecule has 0 saturated carbocycles. The molecule has 0 bridgehead atoms. The lowest BCUT2D eigenvalue weighted by molar-refractivity contribution is -0.137. The van der Waals surface area contributed by atoms with Crippen LogP contribution in [0.1, 0.15) is 15.9 Å². The Morgan fingerprint density at radius 3 is 2.34 bits per heavy atom. The summed E-state index contributed by atoms with van der Waals surface area (Å²) in [4.78, 5) is 13.1. The highest BCUT2D eigenvalue weighted by molar-refractivity contribution is 6.08. The molecular formula is C24H18F3N3O2. The molecule has 0 saturated heterocycles. The number of carbonyl (C=O) groups is 1. The summed E-state index contributed by atoms with van der Waals surface area (Å²) < 4.78 is 46.3. The minimum absolute atomic E-state index is 0.143. The molecule has 1 amide bonds. The van der Waals surface area contributed by atoms with Gasteiger partial charge in [-0.05, 0) is 48.5 Å². The summed E-state index contributed by atoms with van der Waals surface area (Å²) in [6, 6.07) is 20.5. The Kier molecular flexibility index (Phi) is 5.68. The monoisotopic (exact) mass is 437 g/mol. The van der Waals surface area contributed by atoms with Crippen LogP contribution in [0, 0.1) is 0 Å². The van der Waals surface area contributed by atoms with E-state index in [9.17, 15) is 18.0 Å². The van der Waals surface area contributed by atoms with Crippen molar-refractivity contribution in [1.29, 1.82) is 0 Å². The summed E-state index contributed by atoms with van der Waals surface area (Å²) in [5.74, 6) is 0.134. The zero-order valence-electron chi connectivity index (χ0n) is 16.9. The first-order chi connectivity index (χ1) is 15.3. The second-order valence-corrected chi connectivity index (χ2v) is 6.93. The highest BCUT2D eigenvalue weighted by atomic mass is 19.4. The Labute approximate surface area is 182 Å². The van der Waals surface area contributed by atoms with Gasteiger partial charge in [0.25, 0.3) is 5.91 Å². The number of ether oxygens (including phenoxy) is 1. The van der Waals surface area contributed by atoms with Crippen molar-refractivity contribution in [1.82, 2.24) is 9.78 Å². The molecule has 8 heteroatoms. The number of nitrogens with one attached hydrogen (secondary N) is 1. The predicted molar refractivity (Wildman–Crippen MR) is 115 cm³/mol. The number of amides is 1. The summed E-state index contributed by atoms with van der Waals surface area (Å²) in [6.45, 7) is 0. The minimum atomic E-state index is -4.51. The first kappa shape index (κ1) is 21.2. The maximum absolute atomic E-state index is 13.2. The van der Waals surface area contributed by atoms with Gasteiger partial charge in [-0.3, -0.25) is 4.79 Å². The predicted octanol–water partition coefficient (Wildman–Crippen LogP) is 5.82. The Hall–Kier alpha value is -4.07. The van der Waals surface area contributed by atoms with Crippen molar-refractivity contribution in [3.63, 3.8) is 0 Å². The standard InChI is InChI=1S/C24H18F3N3O2/c1-32-20-12-10-18(11-13-20)28-23(31)21-15-30(19-8-3-2-4-9-19)29-22(21)16-6-5-7-17(14-16)24(25,26)27/h2-15H,1H3,(H,28,31). The second-order valence-electron chi connectivity index (χ2n) is 6.93. The maximum Gasteiger partial charge on any atom is 0.416 e. The number of carbonyl (C=O) groups excluding carboxylic acids is 1. The zero-order valence-corrected chi connectivity index (χ0v) is 16.9. The van der Waals surface area contributed by atoms with Gasteiger partial charge >= 0.3 is 6.18 Å². The lowest BCUT2D eigenvalue weighted by atomic mass is 10.0. The molecule has 0 spiro atoms. The Bertz CT molecular complexity index is 1230. The highest BCUT2D eigenvalue weighted by Gasteiger charge is 2.31. The fourth-order valence-corrected chi connectivity index (χ4v) is 3.18.